The minimum atomic E-state index is -3.68. The molecule has 1 aromatic rings. The number of rotatable bonds is 8. The molecule has 0 saturated carbocycles. The lowest BCUT2D eigenvalue weighted by molar-refractivity contribution is 0.0957. The van der Waals surface area contributed by atoms with Crippen molar-refractivity contribution in [1.82, 2.24) is 10.0 Å². The van der Waals surface area contributed by atoms with Crippen molar-refractivity contribution in [2.45, 2.75) is 4.90 Å². The molecule has 0 aliphatic heterocycles. The van der Waals surface area contributed by atoms with Crippen LogP contribution < -0.4 is 10.0 Å². The maximum absolute atomic E-state index is 12.1. The zero-order chi connectivity index (χ0) is 15.9. The lowest BCUT2D eigenvalue weighted by Crippen LogP contribution is -2.28. The first-order valence-corrected chi connectivity index (χ1v) is 8.37. The van der Waals surface area contributed by atoms with Gasteiger partial charge in [-0.1, -0.05) is 6.08 Å². The average molecular weight is 377 g/mol. The van der Waals surface area contributed by atoms with Gasteiger partial charge in [0.05, 0.1) is 17.1 Å². The topological polar surface area (TPSA) is 84.5 Å². The van der Waals surface area contributed by atoms with Gasteiger partial charge in [-0.05, 0) is 34.1 Å². The summed E-state index contributed by atoms with van der Waals surface area (Å²) in [4.78, 5) is 12.0. The Labute approximate surface area is 132 Å². The molecular formula is C13H17BrN2O4S. The molecule has 0 aliphatic rings. The second kappa shape index (κ2) is 8.28. The molecule has 6 nitrogen and oxygen atoms in total. The molecular weight excluding hydrogens is 360 g/mol. The lowest BCUT2D eigenvalue weighted by atomic mass is 10.2. The number of amides is 1. The summed E-state index contributed by atoms with van der Waals surface area (Å²) in [5.74, 6) is -0.379. The summed E-state index contributed by atoms with van der Waals surface area (Å²) in [5, 5.41) is 2.60. The van der Waals surface area contributed by atoms with Gasteiger partial charge in [-0.3, -0.25) is 4.79 Å². The van der Waals surface area contributed by atoms with Crippen molar-refractivity contribution in [2.24, 2.45) is 0 Å². The molecule has 0 aliphatic carbocycles. The summed E-state index contributed by atoms with van der Waals surface area (Å²) in [7, 11) is -2.19. The predicted octanol–water partition coefficient (Wildman–Crippen LogP) is 1.29. The van der Waals surface area contributed by atoms with Gasteiger partial charge in [-0.25, -0.2) is 13.1 Å². The van der Waals surface area contributed by atoms with E-state index >= 15 is 0 Å². The number of carbonyl (C=O) groups is 1. The Morgan fingerprint density at radius 3 is 2.81 bits per heavy atom. The maximum Gasteiger partial charge on any atom is 0.252 e. The van der Waals surface area contributed by atoms with Gasteiger partial charge in [0, 0.05) is 24.7 Å². The number of benzene rings is 1. The fraction of sp³-hybridized carbons (Fsp3) is 0.308. The fourth-order valence-electron chi connectivity index (χ4n) is 1.47. The molecule has 0 bridgehead atoms. The van der Waals surface area contributed by atoms with Crippen molar-refractivity contribution in [3.63, 3.8) is 0 Å². The Balaban J connectivity index is 3.00. The van der Waals surface area contributed by atoms with Gasteiger partial charge in [0.25, 0.3) is 5.91 Å². The van der Waals surface area contributed by atoms with Crippen LogP contribution in [0.1, 0.15) is 10.4 Å². The van der Waals surface area contributed by atoms with Crippen LogP contribution in [0.25, 0.3) is 0 Å². The third kappa shape index (κ3) is 5.24. The number of nitrogens with one attached hydrogen (secondary N) is 2. The first-order chi connectivity index (χ1) is 9.92. The predicted molar refractivity (Wildman–Crippen MR) is 83.7 cm³/mol. The average Bonchev–Trinajstić information content (AvgIpc) is 2.45. The highest BCUT2D eigenvalue weighted by atomic mass is 79.9. The third-order valence-corrected chi connectivity index (χ3v) is 4.65. The van der Waals surface area contributed by atoms with Crippen molar-refractivity contribution < 1.29 is 17.9 Å². The first-order valence-electron chi connectivity index (χ1n) is 6.09. The highest BCUT2D eigenvalue weighted by Crippen LogP contribution is 2.21. The number of sulfonamides is 1. The zero-order valence-electron chi connectivity index (χ0n) is 11.6. The number of halogens is 1. The number of ether oxygens (including phenoxy) is 1. The molecule has 1 aromatic carbocycles. The molecule has 21 heavy (non-hydrogen) atoms. The summed E-state index contributed by atoms with van der Waals surface area (Å²) in [5.41, 5.74) is 0.242. The van der Waals surface area contributed by atoms with E-state index in [0.29, 0.717) is 11.0 Å². The quantitative estimate of drug-likeness (QED) is 0.528. The smallest absolute Gasteiger partial charge is 0.252 e. The van der Waals surface area contributed by atoms with Crippen LogP contribution in [0.5, 0.6) is 0 Å². The molecule has 8 heteroatoms. The van der Waals surface area contributed by atoms with Crippen LogP contribution in [0.15, 0.2) is 40.2 Å². The van der Waals surface area contributed by atoms with Crippen LogP contribution >= 0.6 is 15.9 Å². The monoisotopic (exact) mass is 376 g/mol. The van der Waals surface area contributed by atoms with E-state index in [-0.39, 0.29) is 29.5 Å². The van der Waals surface area contributed by atoms with E-state index in [1.54, 1.807) is 6.08 Å². The summed E-state index contributed by atoms with van der Waals surface area (Å²) in [6.07, 6.45) is 1.54. The van der Waals surface area contributed by atoms with Gasteiger partial charge in [-0.15, -0.1) is 6.58 Å². The Morgan fingerprint density at radius 1 is 1.48 bits per heavy atom. The maximum atomic E-state index is 12.1. The molecule has 0 unspecified atom stereocenters. The fourth-order valence-corrected chi connectivity index (χ4v) is 2.93. The van der Waals surface area contributed by atoms with Crippen molar-refractivity contribution in [1.29, 1.82) is 0 Å². The molecule has 1 amide bonds. The molecule has 0 spiro atoms. The number of carbonyl (C=O) groups excluding carboxylic acids is 1. The van der Waals surface area contributed by atoms with E-state index in [4.69, 9.17) is 4.74 Å². The van der Waals surface area contributed by atoms with E-state index in [1.165, 1.54) is 25.3 Å². The van der Waals surface area contributed by atoms with Crippen molar-refractivity contribution in [3.05, 3.63) is 40.9 Å². The number of hydrogen-bond acceptors (Lipinski definition) is 4. The number of methoxy groups -OCH3 is 1. The van der Waals surface area contributed by atoms with Gasteiger partial charge in [0.15, 0.2) is 0 Å². The second-order valence-corrected chi connectivity index (χ2v) is 6.65. The highest BCUT2D eigenvalue weighted by Gasteiger charge is 2.17. The first kappa shape index (κ1) is 17.8. The van der Waals surface area contributed by atoms with E-state index in [1.807, 2.05) is 0 Å². The third-order valence-electron chi connectivity index (χ3n) is 2.50. The summed E-state index contributed by atoms with van der Waals surface area (Å²) in [6.45, 7) is 4.23. The van der Waals surface area contributed by atoms with Crippen molar-refractivity contribution >= 4 is 31.9 Å². The molecule has 0 aromatic heterocycles. The minimum absolute atomic E-state index is 0.0190. The van der Waals surface area contributed by atoms with E-state index in [2.05, 4.69) is 32.5 Å². The van der Waals surface area contributed by atoms with E-state index in [0.717, 1.165) is 0 Å². The van der Waals surface area contributed by atoms with Crippen LogP contribution in [-0.4, -0.2) is 41.1 Å². The summed E-state index contributed by atoms with van der Waals surface area (Å²) in [6, 6.07) is 4.26. The molecule has 116 valence electrons. The zero-order valence-corrected chi connectivity index (χ0v) is 14.0. The molecule has 0 heterocycles. The molecule has 1 rings (SSSR count). The Morgan fingerprint density at radius 2 is 2.19 bits per heavy atom. The largest absolute Gasteiger partial charge is 0.383 e. The Kier molecular flexibility index (Phi) is 7.03. The SMILES string of the molecule is C=CCNC(=O)c1cc(S(=O)(=O)NCCOC)ccc1Br. The van der Waals surface area contributed by atoms with Gasteiger partial charge >= 0.3 is 0 Å². The van der Waals surface area contributed by atoms with Crippen LogP contribution in [0, 0.1) is 0 Å². The van der Waals surface area contributed by atoms with Crippen LogP contribution in [0.2, 0.25) is 0 Å². The molecule has 0 radical (unpaired) electrons. The van der Waals surface area contributed by atoms with Gasteiger partial charge in [0.2, 0.25) is 10.0 Å². The van der Waals surface area contributed by atoms with Crippen molar-refractivity contribution in [3.8, 4) is 0 Å². The van der Waals surface area contributed by atoms with Gasteiger partial charge in [-0.2, -0.15) is 0 Å². The normalized spacial score (nSPS) is 11.1. The summed E-state index contributed by atoms with van der Waals surface area (Å²) < 4.78 is 31.8. The van der Waals surface area contributed by atoms with Crippen LogP contribution in [0.3, 0.4) is 0 Å². The van der Waals surface area contributed by atoms with E-state index in [9.17, 15) is 13.2 Å². The van der Waals surface area contributed by atoms with Gasteiger partial charge in [0.1, 0.15) is 0 Å². The molecule has 2 N–H and O–H groups in total. The van der Waals surface area contributed by atoms with Crippen LogP contribution in [0.4, 0.5) is 0 Å². The second-order valence-electron chi connectivity index (χ2n) is 4.03. The molecule has 0 atom stereocenters. The summed E-state index contributed by atoms with van der Waals surface area (Å²) >= 11 is 3.23. The standard InChI is InChI=1S/C13H17BrN2O4S/c1-3-6-15-13(17)11-9-10(4-5-12(11)14)21(18,19)16-7-8-20-2/h3-5,9,16H,1,6-8H2,2H3,(H,15,17). The van der Waals surface area contributed by atoms with Gasteiger partial charge < -0.3 is 10.1 Å². The number of hydrogen-bond donors (Lipinski definition) is 2. The van der Waals surface area contributed by atoms with Crippen LogP contribution in [-0.2, 0) is 14.8 Å². The lowest BCUT2D eigenvalue weighted by Gasteiger charge is -2.09. The molecule has 0 fully saturated rings. The van der Waals surface area contributed by atoms with E-state index < -0.39 is 10.0 Å². The Bertz CT molecular complexity index is 617. The molecule has 0 saturated heterocycles. The minimum Gasteiger partial charge on any atom is -0.383 e. The Hall–Kier alpha value is -1.22. The highest BCUT2D eigenvalue weighted by molar-refractivity contribution is 9.10. The van der Waals surface area contributed by atoms with Crippen molar-refractivity contribution in [2.75, 3.05) is 26.8 Å².